The van der Waals surface area contributed by atoms with Crippen molar-refractivity contribution < 1.29 is 9.18 Å². The summed E-state index contributed by atoms with van der Waals surface area (Å²) >= 11 is 1.56. The fourth-order valence-electron chi connectivity index (χ4n) is 4.35. The minimum absolute atomic E-state index is 0.114. The summed E-state index contributed by atoms with van der Waals surface area (Å²) in [6, 6.07) is 13.5. The van der Waals surface area contributed by atoms with Gasteiger partial charge in [-0.05, 0) is 44.2 Å². The lowest BCUT2D eigenvalue weighted by molar-refractivity contribution is -0.135. The lowest BCUT2D eigenvalue weighted by Gasteiger charge is -2.37. The first-order chi connectivity index (χ1) is 15.4. The first-order valence-corrected chi connectivity index (χ1v) is 11.5. The molecule has 8 heteroatoms. The minimum Gasteiger partial charge on any atom is -0.368 e. The number of hydrogen-bond donors (Lipinski definition) is 0. The van der Waals surface area contributed by atoms with Crippen LogP contribution in [0.5, 0.6) is 0 Å². The van der Waals surface area contributed by atoms with E-state index in [1.54, 1.807) is 35.3 Å². The largest absolute Gasteiger partial charge is 0.368 e. The molecular formula is C24H23FN4O2S. The maximum atomic E-state index is 13.3. The van der Waals surface area contributed by atoms with Crippen molar-refractivity contribution in [1.29, 1.82) is 0 Å². The zero-order valence-electron chi connectivity index (χ0n) is 17.9. The van der Waals surface area contributed by atoms with Gasteiger partial charge >= 0.3 is 0 Å². The second-order valence-corrected chi connectivity index (χ2v) is 9.15. The Morgan fingerprint density at radius 2 is 1.75 bits per heavy atom. The Labute approximate surface area is 188 Å². The van der Waals surface area contributed by atoms with Crippen molar-refractivity contribution in [3.63, 3.8) is 0 Å². The predicted molar refractivity (Wildman–Crippen MR) is 126 cm³/mol. The molecule has 1 atom stereocenters. The van der Waals surface area contributed by atoms with E-state index < -0.39 is 6.04 Å². The van der Waals surface area contributed by atoms with Gasteiger partial charge in [-0.15, -0.1) is 11.3 Å². The zero-order valence-corrected chi connectivity index (χ0v) is 18.7. The molecule has 0 N–H and O–H groups in total. The fourth-order valence-corrected chi connectivity index (χ4v) is 5.48. The van der Waals surface area contributed by atoms with E-state index in [9.17, 15) is 14.0 Å². The molecule has 0 spiro atoms. The molecule has 0 saturated carbocycles. The number of piperazine rings is 1. The molecule has 2 aromatic heterocycles. The third kappa shape index (κ3) is 3.44. The normalized spacial score (nSPS) is 15.5. The number of hydrogen-bond acceptors (Lipinski definition) is 5. The van der Waals surface area contributed by atoms with Gasteiger partial charge in [-0.3, -0.25) is 9.59 Å². The van der Waals surface area contributed by atoms with E-state index in [1.165, 1.54) is 16.8 Å². The van der Waals surface area contributed by atoms with Crippen molar-refractivity contribution >= 4 is 43.1 Å². The van der Waals surface area contributed by atoms with Crippen molar-refractivity contribution in [2.24, 2.45) is 0 Å². The molecule has 1 saturated heterocycles. The zero-order chi connectivity index (χ0) is 22.4. The van der Waals surface area contributed by atoms with Crippen LogP contribution in [0.15, 0.2) is 53.3 Å². The Morgan fingerprint density at radius 1 is 1.06 bits per heavy atom. The lowest BCUT2D eigenvalue weighted by Crippen LogP contribution is -2.51. The van der Waals surface area contributed by atoms with Crippen molar-refractivity contribution in [3.8, 4) is 0 Å². The molecule has 1 fully saturated rings. The first kappa shape index (κ1) is 20.6. The van der Waals surface area contributed by atoms with Crippen LogP contribution in [0, 0.1) is 12.7 Å². The standard InChI is InChI=1S/C24H23FN4O2S/c1-15-22-21(19-5-3-4-6-20(19)32-22)24(31)29(26-15)16(2)23(30)28-13-11-27(12-14-28)18-9-7-17(25)8-10-18/h3-10,16H,11-14H2,1-2H3/t16-/m0/s1. The number of anilines is 1. The monoisotopic (exact) mass is 450 g/mol. The Balaban J connectivity index is 1.39. The number of nitrogens with zero attached hydrogens (tertiary/aromatic N) is 4. The maximum absolute atomic E-state index is 13.3. The van der Waals surface area contributed by atoms with Crippen LogP contribution < -0.4 is 10.5 Å². The van der Waals surface area contributed by atoms with Crippen molar-refractivity contribution in [3.05, 3.63) is 70.4 Å². The van der Waals surface area contributed by atoms with E-state index in [0.29, 0.717) is 31.6 Å². The second-order valence-electron chi connectivity index (χ2n) is 8.10. The van der Waals surface area contributed by atoms with Crippen molar-refractivity contribution in [2.75, 3.05) is 31.1 Å². The van der Waals surface area contributed by atoms with E-state index in [0.717, 1.165) is 26.2 Å². The summed E-state index contributed by atoms with van der Waals surface area (Å²) in [4.78, 5) is 30.5. The van der Waals surface area contributed by atoms with Crippen LogP contribution in [-0.4, -0.2) is 46.8 Å². The molecule has 0 radical (unpaired) electrons. The molecule has 164 valence electrons. The number of thiophene rings is 1. The highest BCUT2D eigenvalue weighted by atomic mass is 32.1. The number of amides is 1. The van der Waals surface area contributed by atoms with Crippen LogP contribution in [0.3, 0.4) is 0 Å². The highest BCUT2D eigenvalue weighted by Crippen LogP contribution is 2.33. The number of halogens is 1. The molecule has 2 aromatic carbocycles. The van der Waals surface area contributed by atoms with Crippen molar-refractivity contribution in [2.45, 2.75) is 19.9 Å². The fraction of sp³-hybridized carbons (Fsp3) is 0.292. The van der Waals surface area contributed by atoms with E-state index >= 15 is 0 Å². The van der Waals surface area contributed by atoms with Gasteiger partial charge in [0.15, 0.2) is 0 Å². The Kier molecular flexibility index (Phi) is 5.17. The van der Waals surface area contributed by atoms with Crippen LogP contribution >= 0.6 is 11.3 Å². The average molecular weight is 451 g/mol. The van der Waals surface area contributed by atoms with Gasteiger partial charge in [0.05, 0.1) is 15.8 Å². The number of rotatable bonds is 3. The molecule has 0 aliphatic carbocycles. The molecule has 0 bridgehead atoms. The number of aromatic nitrogens is 2. The second kappa shape index (κ2) is 8.02. The Bertz CT molecular complexity index is 1370. The quantitative estimate of drug-likeness (QED) is 0.474. The number of fused-ring (bicyclic) bond motifs is 3. The van der Waals surface area contributed by atoms with Crippen LogP contribution in [0.2, 0.25) is 0 Å². The average Bonchev–Trinajstić information content (AvgIpc) is 3.22. The van der Waals surface area contributed by atoms with Gasteiger partial charge < -0.3 is 9.80 Å². The maximum Gasteiger partial charge on any atom is 0.276 e. The molecule has 1 aliphatic rings. The molecule has 3 heterocycles. The van der Waals surface area contributed by atoms with Gasteiger partial charge in [0, 0.05) is 42.0 Å². The summed E-state index contributed by atoms with van der Waals surface area (Å²) in [5.74, 6) is -0.378. The van der Waals surface area contributed by atoms with E-state index in [2.05, 4.69) is 10.00 Å². The smallest absolute Gasteiger partial charge is 0.276 e. The SMILES string of the molecule is Cc1nn([C@@H](C)C(=O)N2CCN(c3ccc(F)cc3)CC2)c(=O)c2c1sc1ccccc12. The van der Waals surface area contributed by atoms with Gasteiger partial charge in [0.2, 0.25) is 5.91 Å². The van der Waals surface area contributed by atoms with Crippen LogP contribution in [0.4, 0.5) is 10.1 Å². The minimum atomic E-state index is -0.693. The molecule has 6 nitrogen and oxygen atoms in total. The van der Waals surface area contributed by atoms with Gasteiger partial charge in [0.1, 0.15) is 11.9 Å². The van der Waals surface area contributed by atoms with E-state index in [1.807, 2.05) is 31.2 Å². The summed E-state index contributed by atoms with van der Waals surface area (Å²) in [7, 11) is 0. The predicted octanol–water partition coefficient (Wildman–Crippen LogP) is 3.97. The van der Waals surface area contributed by atoms with Gasteiger partial charge in [-0.2, -0.15) is 5.10 Å². The molecule has 5 rings (SSSR count). The number of aryl methyl sites for hydroxylation is 1. The summed E-state index contributed by atoms with van der Waals surface area (Å²) in [5.41, 5.74) is 1.46. The summed E-state index contributed by atoms with van der Waals surface area (Å²) in [6.07, 6.45) is 0. The van der Waals surface area contributed by atoms with Crippen molar-refractivity contribution in [1.82, 2.24) is 14.7 Å². The molecular weight excluding hydrogens is 427 g/mol. The molecule has 4 aromatic rings. The van der Waals surface area contributed by atoms with E-state index in [4.69, 9.17) is 0 Å². The van der Waals surface area contributed by atoms with Crippen LogP contribution in [0.1, 0.15) is 18.7 Å². The summed E-state index contributed by atoms with van der Waals surface area (Å²) in [6.45, 7) is 6.00. The molecule has 32 heavy (non-hydrogen) atoms. The topological polar surface area (TPSA) is 58.4 Å². The highest BCUT2D eigenvalue weighted by molar-refractivity contribution is 7.26. The molecule has 1 aliphatic heterocycles. The van der Waals surface area contributed by atoms with Gasteiger partial charge in [-0.25, -0.2) is 9.07 Å². The lowest BCUT2D eigenvalue weighted by atomic mass is 10.1. The van der Waals surface area contributed by atoms with Gasteiger partial charge in [0.25, 0.3) is 5.56 Å². The summed E-state index contributed by atoms with van der Waals surface area (Å²) < 4.78 is 16.4. The third-order valence-corrected chi connectivity index (χ3v) is 7.39. The van der Waals surface area contributed by atoms with Crippen LogP contribution in [-0.2, 0) is 4.79 Å². The number of carbonyl (C=O) groups excluding carboxylic acids is 1. The molecule has 0 unspecified atom stereocenters. The Hall–Kier alpha value is -3.26. The highest BCUT2D eigenvalue weighted by Gasteiger charge is 2.28. The number of carbonyl (C=O) groups is 1. The molecule has 1 amide bonds. The van der Waals surface area contributed by atoms with Crippen LogP contribution in [0.25, 0.3) is 20.2 Å². The number of benzene rings is 2. The van der Waals surface area contributed by atoms with E-state index in [-0.39, 0.29) is 17.3 Å². The Morgan fingerprint density at radius 3 is 2.47 bits per heavy atom. The third-order valence-electron chi connectivity index (χ3n) is 6.11. The summed E-state index contributed by atoms with van der Waals surface area (Å²) in [5, 5.41) is 6.05. The first-order valence-electron chi connectivity index (χ1n) is 10.6. The van der Waals surface area contributed by atoms with Gasteiger partial charge in [-0.1, -0.05) is 18.2 Å².